The molecule has 7 heteroatoms. The van der Waals surface area contributed by atoms with E-state index in [2.05, 4.69) is 4.90 Å². The lowest BCUT2D eigenvalue weighted by Gasteiger charge is -2.27. The van der Waals surface area contributed by atoms with Crippen molar-refractivity contribution >= 4 is 23.2 Å². The molecule has 4 heterocycles. The van der Waals surface area contributed by atoms with Crippen molar-refractivity contribution in [3.05, 3.63) is 34.7 Å². The van der Waals surface area contributed by atoms with Gasteiger partial charge in [0.05, 0.1) is 23.9 Å². The first-order valence-electron chi connectivity index (χ1n) is 9.98. The number of carbonyl (C=O) groups excluding carboxylic acids is 1. The quantitative estimate of drug-likeness (QED) is 0.807. The van der Waals surface area contributed by atoms with Crippen LogP contribution in [0.3, 0.4) is 0 Å². The molecule has 2 fully saturated rings. The topological polar surface area (TPSA) is 50.1 Å². The van der Waals surface area contributed by atoms with Gasteiger partial charge in [-0.15, -0.1) is 0 Å². The minimum Gasteiger partial charge on any atom is -0.379 e. The van der Waals surface area contributed by atoms with E-state index in [1.54, 1.807) is 0 Å². The van der Waals surface area contributed by atoms with Crippen LogP contribution in [0, 0.1) is 0 Å². The molecule has 146 valence electrons. The van der Waals surface area contributed by atoms with Gasteiger partial charge >= 0.3 is 0 Å². The molecule has 0 unspecified atom stereocenters. The minimum absolute atomic E-state index is 0.0555. The second kappa shape index (κ2) is 8.59. The molecular formula is C20H27ClN4O2. The van der Waals surface area contributed by atoms with Crippen LogP contribution in [0.15, 0.2) is 18.3 Å². The number of ether oxygens (including phenoxy) is 1. The van der Waals surface area contributed by atoms with E-state index in [-0.39, 0.29) is 5.91 Å². The maximum atomic E-state index is 13.4. The fraction of sp³-hybridized carbons (Fsp3) is 0.600. The third-order valence-corrected chi connectivity index (χ3v) is 5.73. The molecule has 0 saturated carbocycles. The average molecular weight is 391 g/mol. The normalized spacial score (nSPS) is 19.8. The minimum atomic E-state index is 0.0555. The fourth-order valence-electron chi connectivity index (χ4n) is 3.96. The Morgan fingerprint density at radius 3 is 2.48 bits per heavy atom. The number of nitrogens with zero attached hydrogens (tertiary/aromatic N) is 4. The summed E-state index contributed by atoms with van der Waals surface area (Å²) >= 11 is 6.23. The second-order valence-corrected chi connectivity index (χ2v) is 7.87. The third kappa shape index (κ3) is 4.28. The van der Waals surface area contributed by atoms with Gasteiger partial charge in [0.25, 0.3) is 5.91 Å². The molecule has 27 heavy (non-hydrogen) atoms. The highest BCUT2D eigenvalue weighted by Gasteiger charge is 2.26. The van der Waals surface area contributed by atoms with Gasteiger partial charge in [0, 0.05) is 38.9 Å². The molecule has 0 spiro atoms. The maximum absolute atomic E-state index is 13.4. The first-order valence-corrected chi connectivity index (χ1v) is 10.4. The molecule has 2 aliphatic rings. The highest BCUT2D eigenvalue weighted by molar-refractivity contribution is 6.30. The highest BCUT2D eigenvalue weighted by Crippen LogP contribution is 2.21. The third-order valence-electron chi connectivity index (χ3n) is 5.50. The van der Waals surface area contributed by atoms with Crippen molar-refractivity contribution in [1.82, 2.24) is 19.2 Å². The van der Waals surface area contributed by atoms with E-state index < -0.39 is 0 Å². The van der Waals surface area contributed by atoms with Gasteiger partial charge < -0.3 is 14.0 Å². The number of morpholine rings is 1. The van der Waals surface area contributed by atoms with Crippen molar-refractivity contribution in [2.75, 3.05) is 39.4 Å². The van der Waals surface area contributed by atoms with E-state index in [4.69, 9.17) is 21.3 Å². The Labute approximate surface area is 165 Å². The maximum Gasteiger partial charge on any atom is 0.274 e. The smallest absolute Gasteiger partial charge is 0.274 e. The molecule has 6 nitrogen and oxygen atoms in total. The molecule has 2 aromatic rings. The van der Waals surface area contributed by atoms with Crippen molar-refractivity contribution < 1.29 is 9.53 Å². The van der Waals surface area contributed by atoms with Gasteiger partial charge in [-0.1, -0.05) is 30.9 Å². The van der Waals surface area contributed by atoms with Crippen molar-refractivity contribution in [3.63, 3.8) is 0 Å². The van der Waals surface area contributed by atoms with E-state index in [9.17, 15) is 4.79 Å². The largest absolute Gasteiger partial charge is 0.379 e. The van der Waals surface area contributed by atoms with Crippen LogP contribution in [-0.4, -0.2) is 64.5 Å². The van der Waals surface area contributed by atoms with Gasteiger partial charge in [-0.05, 0) is 25.0 Å². The van der Waals surface area contributed by atoms with Crippen molar-refractivity contribution in [2.45, 2.75) is 38.6 Å². The number of rotatable bonds is 3. The van der Waals surface area contributed by atoms with Gasteiger partial charge in [-0.2, -0.15) is 0 Å². The Balaban J connectivity index is 1.67. The van der Waals surface area contributed by atoms with E-state index in [1.165, 1.54) is 19.3 Å². The van der Waals surface area contributed by atoms with E-state index in [0.29, 0.717) is 17.3 Å². The monoisotopic (exact) mass is 390 g/mol. The van der Waals surface area contributed by atoms with E-state index in [0.717, 1.165) is 63.6 Å². The standard InChI is InChI=1S/C20H27ClN4O2/c21-16-6-7-18-22-19(20(26)24-8-4-2-1-3-5-9-24)17(25(18)14-16)15-23-10-12-27-13-11-23/h6-7,14H,1-5,8-13,15H2. The average Bonchev–Trinajstić information content (AvgIpc) is 3.00. The Morgan fingerprint density at radius 1 is 1.04 bits per heavy atom. The molecule has 4 rings (SSSR count). The molecule has 0 radical (unpaired) electrons. The summed E-state index contributed by atoms with van der Waals surface area (Å²) in [7, 11) is 0. The molecule has 2 aliphatic heterocycles. The van der Waals surface area contributed by atoms with Gasteiger partial charge in [0.2, 0.25) is 0 Å². The number of aromatic nitrogens is 2. The Hall–Kier alpha value is -1.63. The summed E-state index contributed by atoms with van der Waals surface area (Å²) in [5, 5.41) is 0.647. The number of halogens is 1. The molecule has 0 aromatic carbocycles. The number of pyridine rings is 1. The van der Waals surface area contributed by atoms with E-state index in [1.807, 2.05) is 27.6 Å². The number of amides is 1. The number of hydrogen-bond acceptors (Lipinski definition) is 4. The molecule has 0 aliphatic carbocycles. The van der Waals surface area contributed by atoms with E-state index >= 15 is 0 Å². The number of likely N-dealkylation sites (tertiary alicyclic amines) is 1. The summed E-state index contributed by atoms with van der Waals surface area (Å²) in [6.45, 7) is 5.52. The molecule has 2 aromatic heterocycles. The van der Waals surface area contributed by atoms with Crippen LogP contribution < -0.4 is 0 Å². The van der Waals surface area contributed by atoms with Crippen LogP contribution >= 0.6 is 11.6 Å². The Morgan fingerprint density at radius 2 is 1.74 bits per heavy atom. The summed E-state index contributed by atoms with van der Waals surface area (Å²) in [5.41, 5.74) is 2.28. The first-order chi connectivity index (χ1) is 13.2. The summed E-state index contributed by atoms with van der Waals surface area (Å²) in [6, 6.07) is 3.71. The molecule has 0 bridgehead atoms. The number of fused-ring (bicyclic) bond motifs is 1. The fourth-order valence-corrected chi connectivity index (χ4v) is 4.12. The lowest BCUT2D eigenvalue weighted by atomic mass is 10.1. The Kier molecular flexibility index (Phi) is 5.95. The van der Waals surface area contributed by atoms with Crippen LogP contribution in [0.5, 0.6) is 0 Å². The van der Waals surface area contributed by atoms with Crippen LogP contribution in [-0.2, 0) is 11.3 Å². The lowest BCUT2D eigenvalue weighted by molar-refractivity contribution is 0.0333. The Bertz CT molecular complexity index is 793. The number of hydrogen-bond donors (Lipinski definition) is 0. The zero-order valence-corrected chi connectivity index (χ0v) is 16.5. The van der Waals surface area contributed by atoms with Crippen molar-refractivity contribution in [3.8, 4) is 0 Å². The van der Waals surface area contributed by atoms with Gasteiger partial charge in [-0.3, -0.25) is 9.69 Å². The molecule has 0 N–H and O–H groups in total. The zero-order valence-electron chi connectivity index (χ0n) is 15.7. The van der Waals surface area contributed by atoms with Gasteiger partial charge in [0.15, 0.2) is 5.69 Å². The SMILES string of the molecule is O=C(c1nc2ccc(Cl)cn2c1CN1CCOCC1)N1CCCCCCC1. The van der Waals surface area contributed by atoms with Gasteiger partial charge in [0.1, 0.15) is 5.65 Å². The van der Waals surface area contributed by atoms with Crippen LogP contribution in [0.2, 0.25) is 5.02 Å². The molecule has 1 amide bonds. The van der Waals surface area contributed by atoms with Crippen molar-refractivity contribution in [1.29, 1.82) is 0 Å². The second-order valence-electron chi connectivity index (χ2n) is 7.43. The highest BCUT2D eigenvalue weighted by atomic mass is 35.5. The van der Waals surface area contributed by atoms with Crippen LogP contribution in [0.4, 0.5) is 0 Å². The summed E-state index contributed by atoms with van der Waals surface area (Å²) < 4.78 is 7.44. The molecule has 0 atom stereocenters. The number of imidazole rings is 1. The lowest BCUT2D eigenvalue weighted by Crippen LogP contribution is -2.38. The van der Waals surface area contributed by atoms with Crippen LogP contribution in [0.1, 0.15) is 48.3 Å². The first kappa shape index (κ1) is 18.7. The predicted molar refractivity (Wildman–Crippen MR) is 105 cm³/mol. The summed E-state index contributed by atoms with van der Waals surface area (Å²) in [5.74, 6) is 0.0555. The number of carbonyl (C=O) groups is 1. The zero-order chi connectivity index (χ0) is 18.6. The van der Waals surface area contributed by atoms with Crippen molar-refractivity contribution in [2.24, 2.45) is 0 Å². The molecular weight excluding hydrogens is 364 g/mol. The summed E-state index contributed by atoms with van der Waals surface area (Å²) in [4.78, 5) is 22.4. The van der Waals surface area contributed by atoms with Crippen LogP contribution in [0.25, 0.3) is 5.65 Å². The predicted octanol–water partition coefficient (Wildman–Crippen LogP) is 3.23. The van der Waals surface area contributed by atoms with Gasteiger partial charge in [-0.25, -0.2) is 4.98 Å². The summed E-state index contributed by atoms with van der Waals surface area (Å²) in [6.07, 6.45) is 7.69. The molecule has 2 saturated heterocycles.